The van der Waals surface area contributed by atoms with Crippen molar-refractivity contribution in [2.45, 2.75) is 32.7 Å². The minimum absolute atomic E-state index is 0.543. The van der Waals surface area contributed by atoms with Crippen molar-refractivity contribution in [3.63, 3.8) is 0 Å². The molecule has 1 aliphatic heterocycles. The van der Waals surface area contributed by atoms with E-state index in [2.05, 4.69) is 24.0 Å². The third kappa shape index (κ3) is 1.40. The fourth-order valence-electron chi connectivity index (χ4n) is 1.02. The second-order valence-electron chi connectivity index (χ2n) is 2.76. The largest absolute Gasteiger partial charge is 0.386 e. The van der Waals surface area contributed by atoms with Gasteiger partial charge in [0.1, 0.15) is 5.84 Å². The van der Waals surface area contributed by atoms with Crippen LogP contribution in [-0.4, -0.2) is 23.4 Å². The Labute approximate surface area is 61.9 Å². The molecule has 0 saturated carbocycles. The molecule has 1 heterocycles. The van der Waals surface area contributed by atoms with Crippen LogP contribution in [0.4, 0.5) is 0 Å². The molecule has 0 fully saturated rings. The lowest BCUT2D eigenvalue weighted by molar-refractivity contribution is 0.236. The molecule has 1 rings (SSSR count). The Hall–Kier alpha value is -0.730. The van der Waals surface area contributed by atoms with Gasteiger partial charge in [0, 0.05) is 19.0 Å². The van der Waals surface area contributed by atoms with Crippen LogP contribution >= 0.6 is 0 Å². The summed E-state index contributed by atoms with van der Waals surface area (Å²) in [7, 11) is 0. The van der Waals surface area contributed by atoms with Gasteiger partial charge in [0.15, 0.2) is 0 Å². The van der Waals surface area contributed by atoms with E-state index in [1.165, 1.54) is 0 Å². The first-order valence-electron chi connectivity index (χ1n) is 3.83. The third-order valence-corrected chi connectivity index (χ3v) is 1.95. The molecule has 0 saturated heterocycles. The highest BCUT2D eigenvalue weighted by Crippen LogP contribution is 2.09. The van der Waals surface area contributed by atoms with Crippen LogP contribution < -0.4 is 5.73 Å². The Kier molecular flexibility index (Phi) is 2.14. The van der Waals surface area contributed by atoms with Gasteiger partial charge in [0.05, 0.1) is 0 Å². The molecule has 1 aliphatic rings. The monoisotopic (exact) mass is 141 g/mol. The average molecular weight is 141 g/mol. The molecule has 10 heavy (non-hydrogen) atoms. The minimum Gasteiger partial charge on any atom is -0.386 e. The molecule has 0 amide bonds. The summed E-state index contributed by atoms with van der Waals surface area (Å²) in [4.78, 5) is 0. The van der Waals surface area contributed by atoms with E-state index >= 15 is 0 Å². The number of hydrogen-bond donors (Lipinski definition) is 1. The molecule has 2 N–H and O–H groups in total. The van der Waals surface area contributed by atoms with E-state index in [4.69, 9.17) is 5.73 Å². The van der Waals surface area contributed by atoms with Gasteiger partial charge in [-0.25, -0.2) is 0 Å². The second-order valence-corrected chi connectivity index (χ2v) is 2.76. The molecule has 0 aromatic carbocycles. The van der Waals surface area contributed by atoms with E-state index in [0.717, 1.165) is 25.2 Å². The smallest absolute Gasteiger partial charge is 0.121 e. The van der Waals surface area contributed by atoms with Gasteiger partial charge in [-0.15, -0.1) is 0 Å². The molecule has 0 aliphatic carbocycles. The normalized spacial score (nSPS) is 21.0. The SMILES string of the molecule is CCC(C)N1CCC(N)=N1. The van der Waals surface area contributed by atoms with Gasteiger partial charge in [-0.05, 0) is 13.3 Å². The number of amidine groups is 1. The predicted octanol–water partition coefficient (Wildman–Crippen LogP) is 0.763. The van der Waals surface area contributed by atoms with Gasteiger partial charge in [-0.2, -0.15) is 5.10 Å². The number of hydrogen-bond acceptors (Lipinski definition) is 3. The van der Waals surface area contributed by atoms with Crippen molar-refractivity contribution >= 4 is 5.84 Å². The fourth-order valence-corrected chi connectivity index (χ4v) is 1.02. The van der Waals surface area contributed by atoms with Crippen molar-refractivity contribution in [1.82, 2.24) is 5.01 Å². The van der Waals surface area contributed by atoms with Crippen molar-refractivity contribution in [2.24, 2.45) is 10.8 Å². The van der Waals surface area contributed by atoms with Crippen LogP contribution in [0.5, 0.6) is 0 Å². The van der Waals surface area contributed by atoms with Crippen LogP contribution in [0.3, 0.4) is 0 Å². The summed E-state index contributed by atoms with van der Waals surface area (Å²) in [6.07, 6.45) is 2.07. The van der Waals surface area contributed by atoms with Gasteiger partial charge < -0.3 is 5.73 Å². The van der Waals surface area contributed by atoms with Gasteiger partial charge >= 0.3 is 0 Å². The van der Waals surface area contributed by atoms with Crippen molar-refractivity contribution in [3.05, 3.63) is 0 Å². The first kappa shape index (κ1) is 7.38. The molecule has 58 valence electrons. The van der Waals surface area contributed by atoms with Crippen LogP contribution in [0.1, 0.15) is 26.7 Å². The fraction of sp³-hybridized carbons (Fsp3) is 0.857. The van der Waals surface area contributed by atoms with E-state index in [9.17, 15) is 0 Å². The highest BCUT2D eigenvalue weighted by Gasteiger charge is 2.15. The summed E-state index contributed by atoms with van der Waals surface area (Å²) in [5, 5.41) is 6.25. The Morgan fingerprint density at radius 3 is 2.90 bits per heavy atom. The summed E-state index contributed by atoms with van der Waals surface area (Å²) in [6, 6.07) is 0.543. The molecule has 1 unspecified atom stereocenters. The number of hydrazone groups is 1. The number of nitrogens with zero attached hydrogens (tertiary/aromatic N) is 2. The van der Waals surface area contributed by atoms with E-state index < -0.39 is 0 Å². The number of nitrogens with two attached hydrogens (primary N) is 1. The third-order valence-electron chi connectivity index (χ3n) is 1.95. The molecule has 1 atom stereocenters. The molecule has 3 heteroatoms. The van der Waals surface area contributed by atoms with Crippen molar-refractivity contribution < 1.29 is 0 Å². The van der Waals surface area contributed by atoms with Gasteiger partial charge in [0.2, 0.25) is 0 Å². The summed E-state index contributed by atoms with van der Waals surface area (Å²) in [5.74, 6) is 0.778. The molecule has 0 radical (unpaired) electrons. The highest BCUT2D eigenvalue weighted by molar-refractivity contribution is 5.81. The average Bonchev–Trinajstić information content (AvgIpc) is 2.34. The zero-order chi connectivity index (χ0) is 7.56. The van der Waals surface area contributed by atoms with E-state index in [-0.39, 0.29) is 0 Å². The Morgan fingerprint density at radius 2 is 2.50 bits per heavy atom. The molecular weight excluding hydrogens is 126 g/mol. The van der Waals surface area contributed by atoms with Crippen LogP contribution in [0, 0.1) is 0 Å². The number of rotatable bonds is 2. The lowest BCUT2D eigenvalue weighted by Crippen LogP contribution is -2.24. The van der Waals surface area contributed by atoms with Crippen molar-refractivity contribution in [2.75, 3.05) is 6.54 Å². The topological polar surface area (TPSA) is 41.6 Å². The predicted molar refractivity (Wildman–Crippen MR) is 42.7 cm³/mol. The summed E-state index contributed by atoms with van der Waals surface area (Å²) >= 11 is 0. The van der Waals surface area contributed by atoms with Crippen molar-refractivity contribution in [1.29, 1.82) is 0 Å². The second kappa shape index (κ2) is 2.90. The Morgan fingerprint density at radius 1 is 1.80 bits per heavy atom. The zero-order valence-corrected chi connectivity index (χ0v) is 6.67. The highest BCUT2D eigenvalue weighted by atomic mass is 15.5. The molecule has 0 bridgehead atoms. The van der Waals surface area contributed by atoms with Crippen LogP contribution in [0.15, 0.2) is 5.10 Å². The standard InChI is InChI=1S/C7H15N3/c1-3-6(2)10-5-4-7(8)9-10/h6H,3-5H2,1-2H3,(H2,8,9). The van der Waals surface area contributed by atoms with Crippen molar-refractivity contribution in [3.8, 4) is 0 Å². The maximum atomic E-state index is 5.53. The van der Waals surface area contributed by atoms with Crippen LogP contribution in [-0.2, 0) is 0 Å². The van der Waals surface area contributed by atoms with Gasteiger partial charge in [-0.1, -0.05) is 6.92 Å². The maximum absolute atomic E-state index is 5.53. The van der Waals surface area contributed by atoms with Gasteiger partial charge in [-0.3, -0.25) is 5.01 Å². The lowest BCUT2D eigenvalue weighted by atomic mass is 10.2. The Balaban J connectivity index is 2.44. The van der Waals surface area contributed by atoms with Crippen LogP contribution in [0.2, 0.25) is 0 Å². The molecule has 3 nitrogen and oxygen atoms in total. The van der Waals surface area contributed by atoms with Crippen LogP contribution in [0.25, 0.3) is 0 Å². The first-order chi connectivity index (χ1) is 4.74. The van der Waals surface area contributed by atoms with E-state index in [1.807, 2.05) is 0 Å². The quantitative estimate of drug-likeness (QED) is 0.617. The maximum Gasteiger partial charge on any atom is 0.121 e. The summed E-state index contributed by atoms with van der Waals surface area (Å²) < 4.78 is 0. The van der Waals surface area contributed by atoms with Gasteiger partial charge in [0.25, 0.3) is 0 Å². The molecular formula is C7H15N3. The molecule has 0 spiro atoms. The minimum atomic E-state index is 0.543. The van der Waals surface area contributed by atoms with E-state index in [1.54, 1.807) is 0 Å². The Bertz CT molecular complexity index is 142. The molecule has 0 aromatic heterocycles. The van der Waals surface area contributed by atoms with E-state index in [0.29, 0.717) is 6.04 Å². The molecule has 0 aromatic rings. The first-order valence-corrected chi connectivity index (χ1v) is 3.83. The zero-order valence-electron chi connectivity index (χ0n) is 6.67. The lowest BCUT2D eigenvalue weighted by Gasteiger charge is -2.20. The summed E-state index contributed by atoms with van der Waals surface area (Å²) in [6.45, 7) is 5.33. The summed E-state index contributed by atoms with van der Waals surface area (Å²) in [5.41, 5.74) is 5.53.